The van der Waals surface area contributed by atoms with Crippen LogP contribution in [0.25, 0.3) is 0 Å². The molecule has 11 heavy (non-hydrogen) atoms. The van der Waals surface area contributed by atoms with Crippen molar-refractivity contribution in [3.05, 3.63) is 24.4 Å². The molecule has 1 atom stereocenters. The predicted octanol–water partition coefficient (Wildman–Crippen LogP) is 0.601. The van der Waals surface area contributed by atoms with Crippen molar-refractivity contribution in [3.63, 3.8) is 0 Å². The van der Waals surface area contributed by atoms with Crippen molar-refractivity contribution < 1.29 is 5.11 Å². The molecule has 4 heteroatoms. The molecule has 0 aromatic carbocycles. The first-order valence-electron chi connectivity index (χ1n) is 3.33. The van der Waals surface area contributed by atoms with Crippen LogP contribution in [0.5, 0.6) is 0 Å². The van der Waals surface area contributed by atoms with Crippen LogP contribution in [0.1, 0.15) is 18.1 Å². The van der Waals surface area contributed by atoms with E-state index in [-0.39, 0.29) is 0 Å². The van der Waals surface area contributed by atoms with Gasteiger partial charge in [-0.2, -0.15) is 5.10 Å². The standard InChI is InChI=1S/C7H11N3O/c1-2-3-6(11)5-4-9-10-7(5)8/h2,4,6,11H,1,3H2,(H3,8,9,10). The lowest BCUT2D eigenvalue weighted by Gasteiger charge is -2.04. The Balaban J connectivity index is 2.74. The summed E-state index contributed by atoms with van der Waals surface area (Å²) in [6, 6.07) is 0. The zero-order valence-corrected chi connectivity index (χ0v) is 6.12. The number of H-pyrrole nitrogens is 1. The largest absolute Gasteiger partial charge is 0.388 e. The molecule has 60 valence electrons. The second kappa shape index (κ2) is 3.21. The number of aromatic nitrogens is 2. The second-order valence-corrected chi connectivity index (χ2v) is 2.28. The average molecular weight is 153 g/mol. The van der Waals surface area contributed by atoms with Crippen LogP contribution < -0.4 is 5.73 Å². The minimum absolute atomic E-state index is 0.416. The fraction of sp³-hybridized carbons (Fsp3) is 0.286. The zero-order valence-electron chi connectivity index (χ0n) is 6.12. The number of nitrogens with two attached hydrogens (primary N) is 1. The van der Waals surface area contributed by atoms with E-state index in [1.165, 1.54) is 6.20 Å². The summed E-state index contributed by atoms with van der Waals surface area (Å²) < 4.78 is 0. The van der Waals surface area contributed by atoms with Gasteiger partial charge in [-0.05, 0) is 6.42 Å². The Morgan fingerprint density at radius 3 is 3.09 bits per heavy atom. The number of aromatic amines is 1. The third-order valence-electron chi connectivity index (χ3n) is 1.45. The summed E-state index contributed by atoms with van der Waals surface area (Å²) in [5.74, 6) is 0.416. The van der Waals surface area contributed by atoms with Crippen LogP contribution in [-0.4, -0.2) is 15.3 Å². The van der Waals surface area contributed by atoms with Gasteiger partial charge in [0.2, 0.25) is 0 Å². The predicted molar refractivity (Wildman–Crippen MR) is 42.8 cm³/mol. The normalized spacial score (nSPS) is 12.8. The van der Waals surface area contributed by atoms with E-state index in [2.05, 4.69) is 16.8 Å². The molecule has 0 bridgehead atoms. The van der Waals surface area contributed by atoms with Crippen molar-refractivity contribution in [1.29, 1.82) is 0 Å². The Morgan fingerprint density at radius 2 is 2.64 bits per heavy atom. The van der Waals surface area contributed by atoms with Crippen LogP contribution in [0.3, 0.4) is 0 Å². The number of anilines is 1. The average Bonchev–Trinajstić information content (AvgIpc) is 2.36. The third-order valence-corrected chi connectivity index (χ3v) is 1.45. The van der Waals surface area contributed by atoms with Crippen LogP contribution in [0.4, 0.5) is 5.82 Å². The Hall–Kier alpha value is -1.29. The maximum Gasteiger partial charge on any atom is 0.124 e. The molecule has 0 saturated carbocycles. The van der Waals surface area contributed by atoms with Gasteiger partial charge in [-0.3, -0.25) is 5.10 Å². The fourth-order valence-electron chi connectivity index (χ4n) is 0.856. The van der Waals surface area contributed by atoms with E-state index in [0.29, 0.717) is 17.8 Å². The van der Waals surface area contributed by atoms with Crippen molar-refractivity contribution in [2.45, 2.75) is 12.5 Å². The van der Waals surface area contributed by atoms with Gasteiger partial charge in [0.15, 0.2) is 0 Å². The molecule has 0 spiro atoms. The lowest BCUT2D eigenvalue weighted by molar-refractivity contribution is 0.182. The van der Waals surface area contributed by atoms with Gasteiger partial charge in [-0.15, -0.1) is 6.58 Å². The monoisotopic (exact) mass is 153 g/mol. The number of rotatable bonds is 3. The summed E-state index contributed by atoms with van der Waals surface area (Å²) in [6.07, 6.45) is 3.05. The van der Waals surface area contributed by atoms with E-state index < -0.39 is 6.10 Å². The maximum atomic E-state index is 9.38. The molecule has 0 aliphatic carbocycles. The van der Waals surface area contributed by atoms with Gasteiger partial charge >= 0.3 is 0 Å². The summed E-state index contributed by atoms with van der Waals surface area (Å²) >= 11 is 0. The van der Waals surface area contributed by atoms with Crippen LogP contribution >= 0.6 is 0 Å². The van der Waals surface area contributed by atoms with E-state index in [9.17, 15) is 5.11 Å². The third kappa shape index (κ3) is 1.59. The summed E-state index contributed by atoms with van der Waals surface area (Å²) in [5.41, 5.74) is 6.09. The van der Waals surface area contributed by atoms with Gasteiger partial charge in [0.25, 0.3) is 0 Å². The highest BCUT2D eigenvalue weighted by Crippen LogP contribution is 2.20. The van der Waals surface area contributed by atoms with E-state index in [4.69, 9.17) is 5.73 Å². The van der Waals surface area contributed by atoms with E-state index in [1.54, 1.807) is 6.08 Å². The van der Waals surface area contributed by atoms with Gasteiger partial charge < -0.3 is 10.8 Å². The van der Waals surface area contributed by atoms with Crippen molar-refractivity contribution >= 4 is 5.82 Å². The minimum atomic E-state index is -0.591. The van der Waals surface area contributed by atoms with E-state index in [1.807, 2.05) is 0 Å². The van der Waals surface area contributed by atoms with E-state index in [0.717, 1.165) is 0 Å². The maximum absolute atomic E-state index is 9.38. The lowest BCUT2D eigenvalue weighted by Crippen LogP contribution is -1.98. The number of nitrogens with one attached hydrogen (secondary N) is 1. The molecule has 0 aliphatic heterocycles. The zero-order chi connectivity index (χ0) is 8.27. The molecule has 0 aliphatic rings. The highest BCUT2D eigenvalue weighted by atomic mass is 16.3. The number of aliphatic hydroxyl groups excluding tert-OH is 1. The van der Waals surface area contributed by atoms with Gasteiger partial charge in [0, 0.05) is 5.56 Å². The molecule has 0 fully saturated rings. The molecule has 0 radical (unpaired) electrons. The SMILES string of the molecule is C=CCC(O)c1cn[nH]c1N. The summed E-state index contributed by atoms with van der Waals surface area (Å²) in [7, 11) is 0. The molecule has 1 unspecified atom stereocenters. The molecule has 0 saturated heterocycles. The highest BCUT2D eigenvalue weighted by molar-refractivity contribution is 5.38. The Bertz CT molecular complexity index is 244. The summed E-state index contributed by atoms with van der Waals surface area (Å²) in [4.78, 5) is 0. The summed E-state index contributed by atoms with van der Waals surface area (Å²) in [6.45, 7) is 3.51. The first kappa shape index (κ1) is 7.81. The van der Waals surface area contributed by atoms with Gasteiger partial charge in [-0.1, -0.05) is 6.08 Å². The highest BCUT2D eigenvalue weighted by Gasteiger charge is 2.09. The van der Waals surface area contributed by atoms with Crippen molar-refractivity contribution in [2.24, 2.45) is 0 Å². The van der Waals surface area contributed by atoms with Crippen molar-refractivity contribution in [1.82, 2.24) is 10.2 Å². The first-order chi connectivity index (χ1) is 5.25. The molecule has 1 rings (SSSR count). The van der Waals surface area contributed by atoms with Crippen LogP contribution in [0.15, 0.2) is 18.9 Å². The Morgan fingerprint density at radius 1 is 1.91 bits per heavy atom. The molecule has 4 N–H and O–H groups in total. The van der Waals surface area contributed by atoms with Crippen molar-refractivity contribution in [3.8, 4) is 0 Å². The fourth-order valence-corrected chi connectivity index (χ4v) is 0.856. The van der Waals surface area contributed by atoms with Crippen LogP contribution in [0.2, 0.25) is 0 Å². The molecule has 1 aromatic heterocycles. The number of nitrogen functional groups attached to an aromatic ring is 1. The molecule has 1 heterocycles. The van der Waals surface area contributed by atoms with Crippen LogP contribution in [0, 0.1) is 0 Å². The smallest absolute Gasteiger partial charge is 0.124 e. The molecular formula is C7H11N3O. The van der Waals surface area contributed by atoms with E-state index >= 15 is 0 Å². The molecule has 0 amide bonds. The Kier molecular flexibility index (Phi) is 2.28. The van der Waals surface area contributed by atoms with Gasteiger partial charge in [0.05, 0.1) is 12.3 Å². The Labute approximate surface area is 64.7 Å². The topological polar surface area (TPSA) is 74.9 Å². The lowest BCUT2D eigenvalue weighted by atomic mass is 10.1. The number of aliphatic hydroxyl groups is 1. The molecule has 1 aromatic rings. The second-order valence-electron chi connectivity index (χ2n) is 2.28. The molecule has 4 nitrogen and oxygen atoms in total. The summed E-state index contributed by atoms with van der Waals surface area (Å²) in [5, 5.41) is 15.6. The number of hydrogen-bond acceptors (Lipinski definition) is 3. The van der Waals surface area contributed by atoms with Gasteiger partial charge in [-0.25, -0.2) is 0 Å². The molecular weight excluding hydrogens is 142 g/mol. The van der Waals surface area contributed by atoms with Crippen molar-refractivity contribution in [2.75, 3.05) is 5.73 Å². The number of nitrogens with zero attached hydrogens (tertiary/aromatic N) is 1. The quantitative estimate of drug-likeness (QED) is 0.556. The number of hydrogen-bond donors (Lipinski definition) is 3. The minimum Gasteiger partial charge on any atom is -0.388 e. The van der Waals surface area contributed by atoms with Gasteiger partial charge in [0.1, 0.15) is 5.82 Å². The first-order valence-corrected chi connectivity index (χ1v) is 3.33. The van der Waals surface area contributed by atoms with Crippen LogP contribution in [-0.2, 0) is 0 Å².